The molecule has 0 amide bonds. The van der Waals surface area contributed by atoms with E-state index in [9.17, 15) is 4.79 Å². The van der Waals surface area contributed by atoms with Crippen molar-refractivity contribution in [1.82, 2.24) is 0 Å². The third-order valence-electron chi connectivity index (χ3n) is 0.431. The molecule has 0 saturated carbocycles. The van der Waals surface area contributed by atoms with Gasteiger partial charge in [0.05, 0.1) is 5.88 Å². The van der Waals surface area contributed by atoms with E-state index in [2.05, 4.69) is 0 Å². The van der Waals surface area contributed by atoms with E-state index in [1.807, 2.05) is 0 Å². The summed E-state index contributed by atoms with van der Waals surface area (Å²) in [4.78, 5) is 9.60. The fourth-order valence-electron chi connectivity index (χ4n) is 0.0660. The number of aliphatic carboxylic acids is 1. The second-order valence-electron chi connectivity index (χ2n) is 1.01. The molecule has 9 heavy (non-hydrogen) atoms. The second-order valence-corrected chi connectivity index (χ2v) is 1.32. The van der Waals surface area contributed by atoms with Crippen LogP contribution in [0.15, 0.2) is 0 Å². The van der Waals surface area contributed by atoms with Gasteiger partial charge in [0.1, 0.15) is 0 Å². The predicted octanol–water partition coefficient (Wildman–Crippen LogP) is -2.16. The molecule has 3 nitrogen and oxygen atoms in total. The van der Waals surface area contributed by atoms with Gasteiger partial charge in [-0.1, -0.05) is 0 Å². The Labute approximate surface area is 90.8 Å². The summed E-state index contributed by atoms with van der Waals surface area (Å²) >= 11 is 4.92. The van der Waals surface area contributed by atoms with Crippen molar-refractivity contribution in [3.8, 4) is 0 Å². The Bertz CT molecular complexity index is 81.5. The number of carbonyl (C=O) groups is 1. The minimum absolute atomic E-state index is 0. The number of alkyl halides is 1. The second kappa shape index (κ2) is 9.25. The van der Waals surface area contributed by atoms with Crippen LogP contribution in [0.1, 0.15) is 0 Å². The van der Waals surface area contributed by atoms with Gasteiger partial charge in [-0.15, -0.1) is 11.6 Å². The molecule has 0 fully saturated rings. The van der Waals surface area contributed by atoms with Crippen LogP contribution in [0.25, 0.3) is 0 Å². The van der Waals surface area contributed by atoms with Crippen molar-refractivity contribution in [3.63, 3.8) is 0 Å². The predicted molar refractivity (Wildman–Crippen MR) is 41.5 cm³/mol. The molecule has 0 radical (unpaired) electrons. The van der Waals surface area contributed by atoms with Crippen LogP contribution in [-0.4, -0.2) is 75.1 Å². The molecular formula is C3H9AlClNaO3. The van der Waals surface area contributed by atoms with Crippen LogP contribution in [0.5, 0.6) is 0 Å². The van der Waals surface area contributed by atoms with Crippen molar-refractivity contribution in [2.75, 3.05) is 5.88 Å². The Kier molecular flexibility index (Phi) is 17.2. The molecule has 0 aliphatic carbocycles. The summed E-state index contributed by atoms with van der Waals surface area (Å²) in [7, 11) is 0. The van der Waals surface area contributed by atoms with Gasteiger partial charge < -0.3 is 10.2 Å². The maximum absolute atomic E-state index is 9.60. The summed E-state index contributed by atoms with van der Waals surface area (Å²) in [6.07, 6.45) is -1.42. The molecule has 6 heteroatoms. The van der Waals surface area contributed by atoms with Gasteiger partial charge in [0, 0.05) is 0 Å². The van der Waals surface area contributed by atoms with Crippen molar-refractivity contribution in [2.45, 2.75) is 6.10 Å². The van der Waals surface area contributed by atoms with Gasteiger partial charge in [-0.25, -0.2) is 4.79 Å². The number of aliphatic hydroxyl groups is 1. The molecule has 2 N–H and O–H groups in total. The number of hydrogen-bond donors (Lipinski definition) is 2. The molecule has 0 aliphatic rings. The number of carboxylic acid groups (broad SMARTS) is 1. The van der Waals surface area contributed by atoms with Gasteiger partial charge in [-0.3, -0.25) is 0 Å². The summed E-state index contributed by atoms with van der Waals surface area (Å²) in [5, 5.41) is 16.1. The zero-order valence-corrected chi connectivity index (χ0v) is 4.22. The van der Waals surface area contributed by atoms with Crippen molar-refractivity contribution in [1.29, 1.82) is 0 Å². The zero-order chi connectivity index (χ0) is 5.86. The van der Waals surface area contributed by atoms with Crippen molar-refractivity contribution >= 4 is 64.5 Å². The van der Waals surface area contributed by atoms with E-state index < -0.39 is 12.1 Å². The standard InChI is InChI=1S/C3H5ClO3.Al.Na.4H/c4-1-2(5)3(6)7;;;;;;/h2,5H,1H2,(H,6,7);;;;;;. The molecule has 0 aromatic rings. The molecule has 0 aromatic carbocycles. The average Bonchev–Trinajstić information content (AvgIpc) is 1.65. The molecule has 0 saturated heterocycles. The van der Waals surface area contributed by atoms with E-state index in [4.69, 9.17) is 21.8 Å². The third kappa shape index (κ3) is 9.25. The fraction of sp³-hybridized carbons (Fsp3) is 0.667. The Hall–Kier alpha value is 1.25. The quantitative estimate of drug-likeness (QED) is 0.374. The first-order valence-corrected chi connectivity index (χ1v) is 2.18. The van der Waals surface area contributed by atoms with Gasteiger partial charge in [0.25, 0.3) is 0 Å². The van der Waals surface area contributed by atoms with Crippen LogP contribution in [0.4, 0.5) is 0 Å². The van der Waals surface area contributed by atoms with E-state index in [0.29, 0.717) is 0 Å². The Balaban J connectivity index is -0.000000180. The normalized spacial score (nSPS) is 10.4. The minimum atomic E-state index is -1.42. The van der Waals surface area contributed by atoms with Crippen LogP contribution in [0.3, 0.4) is 0 Å². The monoisotopic (exact) mass is 178 g/mol. The molecule has 0 heterocycles. The summed E-state index contributed by atoms with van der Waals surface area (Å²) < 4.78 is 0. The van der Waals surface area contributed by atoms with E-state index >= 15 is 0 Å². The van der Waals surface area contributed by atoms with E-state index in [1.165, 1.54) is 0 Å². The number of hydrogen-bond acceptors (Lipinski definition) is 2. The Morgan fingerprint density at radius 2 is 2.00 bits per heavy atom. The van der Waals surface area contributed by atoms with Crippen LogP contribution in [-0.2, 0) is 4.79 Å². The topological polar surface area (TPSA) is 57.5 Å². The fourth-order valence-corrected chi connectivity index (χ4v) is 0.198. The van der Waals surface area contributed by atoms with Gasteiger partial charge in [0.2, 0.25) is 0 Å². The van der Waals surface area contributed by atoms with E-state index in [0.717, 1.165) is 0 Å². The summed E-state index contributed by atoms with van der Waals surface area (Å²) in [5.74, 6) is -1.54. The first-order chi connectivity index (χ1) is 3.18. The van der Waals surface area contributed by atoms with Crippen molar-refractivity contribution in [3.05, 3.63) is 0 Å². The van der Waals surface area contributed by atoms with Gasteiger partial charge in [0.15, 0.2) is 23.5 Å². The van der Waals surface area contributed by atoms with Crippen molar-refractivity contribution in [2.24, 2.45) is 0 Å². The summed E-state index contributed by atoms with van der Waals surface area (Å²) in [6.45, 7) is 0. The van der Waals surface area contributed by atoms with Gasteiger partial charge in [-0.2, -0.15) is 0 Å². The third-order valence-corrected chi connectivity index (χ3v) is 0.724. The number of halogens is 1. The van der Waals surface area contributed by atoms with Gasteiger partial charge >= 0.3 is 35.5 Å². The van der Waals surface area contributed by atoms with E-state index in [-0.39, 0.29) is 52.8 Å². The average molecular weight is 179 g/mol. The maximum atomic E-state index is 9.60. The molecule has 0 aromatic heterocycles. The molecule has 0 bridgehead atoms. The molecule has 1 atom stereocenters. The summed E-state index contributed by atoms with van der Waals surface area (Å²) in [5.41, 5.74) is 0. The van der Waals surface area contributed by atoms with Crippen LogP contribution < -0.4 is 0 Å². The number of rotatable bonds is 2. The Morgan fingerprint density at radius 3 is 2.00 bits per heavy atom. The molecule has 1 unspecified atom stereocenters. The van der Waals surface area contributed by atoms with Crippen LogP contribution >= 0.6 is 11.6 Å². The SMILES string of the molecule is O=C(O)C(O)CCl.[AlH3].[NaH]. The molecule has 0 rings (SSSR count). The zero-order valence-electron chi connectivity index (χ0n) is 3.47. The Morgan fingerprint density at radius 1 is 1.67 bits per heavy atom. The first-order valence-electron chi connectivity index (χ1n) is 1.65. The number of carboxylic acids is 1. The molecule has 0 spiro atoms. The first kappa shape index (κ1) is 16.7. The molecule has 50 valence electrons. The molecule has 0 aliphatic heterocycles. The van der Waals surface area contributed by atoms with E-state index in [1.54, 1.807) is 0 Å². The van der Waals surface area contributed by atoms with Crippen molar-refractivity contribution < 1.29 is 15.0 Å². The van der Waals surface area contributed by atoms with Crippen LogP contribution in [0.2, 0.25) is 0 Å². The number of aliphatic hydroxyl groups excluding tert-OH is 1. The summed E-state index contributed by atoms with van der Waals surface area (Å²) in [6, 6.07) is 0. The van der Waals surface area contributed by atoms with Gasteiger partial charge in [-0.05, 0) is 0 Å². The van der Waals surface area contributed by atoms with Crippen LogP contribution in [0, 0.1) is 0 Å². The molecular weight excluding hydrogens is 169 g/mol.